The predicted molar refractivity (Wildman–Crippen MR) is 114 cm³/mol. The first-order valence-electron chi connectivity index (χ1n) is 9.47. The summed E-state index contributed by atoms with van der Waals surface area (Å²) < 4.78 is 5.49. The van der Waals surface area contributed by atoms with Crippen LogP contribution in [0.3, 0.4) is 0 Å². The van der Waals surface area contributed by atoms with Crippen molar-refractivity contribution in [1.29, 1.82) is 0 Å². The number of anilines is 1. The maximum absolute atomic E-state index is 12.6. The van der Waals surface area contributed by atoms with Gasteiger partial charge in [-0.3, -0.25) is 9.69 Å². The monoisotopic (exact) mass is 406 g/mol. The molecule has 2 aliphatic rings. The predicted octanol–water partition coefficient (Wildman–Crippen LogP) is 4.14. The van der Waals surface area contributed by atoms with Crippen molar-refractivity contribution >= 4 is 35.2 Å². The van der Waals surface area contributed by atoms with Crippen LogP contribution in [0.4, 0.5) is 5.69 Å². The Kier molecular flexibility index (Phi) is 6.79. The lowest BCUT2D eigenvalue weighted by molar-refractivity contribution is 0.0883. The first kappa shape index (κ1) is 20.2. The summed E-state index contributed by atoms with van der Waals surface area (Å²) in [6, 6.07) is 10.2. The summed E-state index contributed by atoms with van der Waals surface area (Å²) in [5.41, 5.74) is 2.18. The van der Waals surface area contributed by atoms with E-state index in [4.69, 9.17) is 4.74 Å². The van der Waals surface area contributed by atoms with Crippen molar-refractivity contribution in [2.24, 2.45) is 5.92 Å². The van der Waals surface area contributed by atoms with Crippen molar-refractivity contribution in [3.8, 4) is 5.75 Å². The van der Waals surface area contributed by atoms with Gasteiger partial charge in [0.25, 0.3) is 0 Å². The third-order valence-corrected chi connectivity index (χ3v) is 6.67. The van der Waals surface area contributed by atoms with Crippen molar-refractivity contribution < 1.29 is 9.53 Å². The molecule has 1 unspecified atom stereocenters. The molecule has 4 rings (SSSR count). The fourth-order valence-electron chi connectivity index (χ4n) is 4.13. The van der Waals surface area contributed by atoms with Gasteiger partial charge in [0.05, 0.1) is 12.8 Å². The van der Waals surface area contributed by atoms with Gasteiger partial charge >= 0.3 is 0 Å². The Morgan fingerprint density at radius 1 is 1.15 bits per heavy atom. The number of halogens is 1. The number of fused-ring (bicyclic) bond motifs is 1. The van der Waals surface area contributed by atoms with Crippen molar-refractivity contribution in [3.63, 3.8) is 0 Å². The minimum Gasteiger partial charge on any atom is -0.495 e. The molecule has 6 heteroatoms. The molecule has 0 amide bonds. The molecule has 1 aliphatic heterocycles. The fourth-order valence-corrected chi connectivity index (χ4v) is 5.03. The van der Waals surface area contributed by atoms with E-state index >= 15 is 0 Å². The van der Waals surface area contributed by atoms with Crippen LogP contribution in [0.2, 0.25) is 0 Å². The summed E-state index contributed by atoms with van der Waals surface area (Å²) in [5, 5.41) is 2.06. The van der Waals surface area contributed by atoms with E-state index in [1.165, 1.54) is 10.6 Å². The third-order valence-electron chi connectivity index (χ3n) is 5.69. The Balaban J connectivity index is 0.00000210. The largest absolute Gasteiger partial charge is 0.495 e. The Morgan fingerprint density at radius 3 is 2.70 bits per heavy atom. The highest BCUT2D eigenvalue weighted by Gasteiger charge is 2.29. The first-order chi connectivity index (χ1) is 12.8. The molecule has 1 atom stereocenters. The molecular weight excluding hydrogens is 380 g/mol. The topological polar surface area (TPSA) is 32.8 Å². The number of methoxy groups -OCH3 is 1. The summed E-state index contributed by atoms with van der Waals surface area (Å²) in [7, 11) is 1.73. The summed E-state index contributed by atoms with van der Waals surface area (Å²) in [6.07, 6.45) is 3.08. The van der Waals surface area contributed by atoms with E-state index in [1.807, 2.05) is 18.2 Å². The molecule has 1 aliphatic carbocycles. The number of carbonyl (C=O) groups is 1. The Bertz CT molecular complexity index is 771. The van der Waals surface area contributed by atoms with E-state index < -0.39 is 0 Å². The number of thiophene rings is 1. The lowest BCUT2D eigenvalue weighted by atomic mass is 9.85. The Labute approximate surface area is 171 Å². The minimum absolute atomic E-state index is 0. The quantitative estimate of drug-likeness (QED) is 0.747. The van der Waals surface area contributed by atoms with Gasteiger partial charge < -0.3 is 9.64 Å². The van der Waals surface area contributed by atoms with Crippen LogP contribution in [0.25, 0.3) is 0 Å². The number of Topliss-reactive ketones (excluding diaryl/α,β-unsaturated/α-hetero) is 1. The van der Waals surface area contributed by atoms with E-state index in [-0.39, 0.29) is 18.3 Å². The number of para-hydroxylation sites is 2. The third kappa shape index (κ3) is 4.31. The van der Waals surface area contributed by atoms with Crippen LogP contribution in [0.15, 0.2) is 35.7 Å². The Hall–Kier alpha value is -1.56. The lowest BCUT2D eigenvalue weighted by Crippen LogP contribution is -2.47. The average Bonchev–Trinajstić information content (AvgIpc) is 3.17. The van der Waals surface area contributed by atoms with E-state index in [0.29, 0.717) is 5.78 Å². The van der Waals surface area contributed by atoms with Gasteiger partial charge in [-0.2, -0.15) is 0 Å². The number of rotatable bonds is 5. The second kappa shape index (κ2) is 9.09. The number of hydrogen-bond donors (Lipinski definition) is 0. The molecule has 0 spiro atoms. The normalized spacial score (nSPS) is 20.1. The van der Waals surface area contributed by atoms with Gasteiger partial charge in [-0.15, -0.1) is 23.7 Å². The van der Waals surface area contributed by atoms with Gasteiger partial charge in [-0.1, -0.05) is 12.1 Å². The van der Waals surface area contributed by atoms with Crippen LogP contribution in [0.5, 0.6) is 5.75 Å². The minimum atomic E-state index is 0. The molecule has 0 saturated carbocycles. The van der Waals surface area contributed by atoms with Crippen molar-refractivity contribution in [2.45, 2.75) is 19.3 Å². The average molecular weight is 407 g/mol. The summed E-state index contributed by atoms with van der Waals surface area (Å²) in [4.78, 5) is 18.8. The highest BCUT2D eigenvalue weighted by Crippen LogP contribution is 2.32. The lowest BCUT2D eigenvalue weighted by Gasteiger charge is -2.37. The fraction of sp³-hybridized carbons (Fsp3) is 0.476. The molecule has 0 N–H and O–H groups in total. The number of ether oxygens (including phenoxy) is 1. The van der Waals surface area contributed by atoms with Crippen LogP contribution in [-0.4, -0.2) is 50.5 Å². The summed E-state index contributed by atoms with van der Waals surface area (Å²) in [5.74, 6) is 1.53. The maximum atomic E-state index is 12.6. The number of piperazine rings is 1. The molecule has 2 aromatic rings. The van der Waals surface area contributed by atoms with Crippen LogP contribution in [0.1, 0.15) is 28.1 Å². The molecule has 2 heterocycles. The highest BCUT2D eigenvalue weighted by molar-refractivity contribution is 7.10. The number of carbonyl (C=O) groups excluding carboxylic acids is 1. The van der Waals surface area contributed by atoms with Gasteiger partial charge in [-0.25, -0.2) is 0 Å². The second-order valence-electron chi connectivity index (χ2n) is 7.15. The van der Waals surface area contributed by atoms with E-state index in [9.17, 15) is 4.79 Å². The number of hydrogen-bond acceptors (Lipinski definition) is 5. The highest BCUT2D eigenvalue weighted by atomic mass is 35.5. The van der Waals surface area contributed by atoms with Crippen molar-refractivity contribution in [3.05, 3.63) is 46.2 Å². The van der Waals surface area contributed by atoms with Gasteiger partial charge in [-0.05, 0) is 49.4 Å². The summed E-state index contributed by atoms with van der Waals surface area (Å²) >= 11 is 1.73. The van der Waals surface area contributed by atoms with E-state index in [0.717, 1.165) is 63.3 Å². The smallest absolute Gasteiger partial charge is 0.167 e. The molecule has 1 aromatic carbocycles. The molecule has 1 fully saturated rings. The molecule has 1 saturated heterocycles. The van der Waals surface area contributed by atoms with Gasteiger partial charge in [0.15, 0.2) is 5.78 Å². The zero-order valence-corrected chi connectivity index (χ0v) is 17.4. The van der Waals surface area contributed by atoms with E-state index in [2.05, 4.69) is 27.3 Å². The van der Waals surface area contributed by atoms with Gasteiger partial charge in [0, 0.05) is 42.5 Å². The summed E-state index contributed by atoms with van der Waals surface area (Å²) in [6.45, 7) is 5.13. The van der Waals surface area contributed by atoms with Crippen LogP contribution in [-0.2, 0) is 6.42 Å². The zero-order valence-electron chi connectivity index (χ0n) is 15.7. The van der Waals surface area contributed by atoms with Crippen molar-refractivity contribution in [2.75, 3.05) is 44.7 Å². The SMILES string of the molecule is COc1ccccc1N1CCN(CCC2CCc3sccc3C2=O)CC1.Cl. The molecule has 0 radical (unpaired) electrons. The molecule has 1 aromatic heterocycles. The Morgan fingerprint density at radius 2 is 1.93 bits per heavy atom. The number of aryl methyl sites for hydroxylation is 1. The van der Waals surface area contributed by atoms with E-state index in [1.54, 1.807) is 18.4 Å². The first-order valence-corrected chi connectivity index (χ1v) is 10.3. The van der Waals surface area contributed by atoms with Gasteiger partial charge in [0.2, 0.25) is 0 Å². The number of benzene rings is 1. The van der Waals surface area contributed by atoms with Crippen LogP contribution >= 0.6 is 23.7 Å². The van der Waals surface area contributed by atoms with Crippen molar-refractivity contribution in [1.82, 2.24) is 4.90 Å². The number of ketones is 1. The molecule has 4 nitrogen and oxygen atoms in total. The van der Waals surface area contributed by atoms with Gasteiger partial charge in [0.1, 0.15) is 5.75 Å². The molecule has 146 valence electrons. The second-order valence-corrected chi connectivity index (χ2v) is 8.15. The maximum Gasteiger partial charge on any atom is 0.167 e. The zero-order chi connectivity index (χ0) is 17.9. The van der Waals surface area contributed by atoms with Crippen LogP contribution < -0.4 is 9.64 Å². The molecule has 0 bridgehead atoms. The molecule has 27 heavy (non-hydrogen) atoms. The number of nitrogens with zero attached hydrogens (tertiary/aromatic N) is 2. The van der Waals surface area contributed by atoms with Crippen LogP contribution in [0, 0.1) is 5.92 Å². The standard InChI is InChI=1S/C21H26N2O2S.ClH/c1-25-19-5-3-2-4-18(19)23-13-11-22(12-14-23)10-8-16-6-7-20-17(21(16)24)9-15-26-20;/h2-5,9,15-16H,6-8,10-14H2,1H3;1H. The molecular formula is C21H27ClN2O2S.